The average Bonchev–Trinajstić information content (AvgIpc) is 2.48. The van der Waals surface area contributed by atoms with Gasteiger partial charge < -0.3 is 12.3 Å². The Kier molecular flexibility index (Phi) is 3.70. The van der Waals surface area contributed by atoms with E-state index >= 15 is 0 Å². The maximum atomic E-state index is 2.21. The molecule has 0 aliphatic rings. The Hall–Kier alpha value is -2.42. The van der Waals surface area contributed by atoms with E-state index in [9.17, 15) is 0 Å². The second kappa shape index (κ2) is 5.29. The van der Waals surface area contributed by atoms with Gasteiger partial charge in [-0.25, -0.2) is 0 Å². The Morgan fingerprint density at radius 3 is 0.600 bits per heavy atom. The van der Waals surface area contributed by atoms with E-state index in [0.29, 0.717) is 0 Å². The molecule has 0 radical (unpaired) electrons. The van der Waals surface area contributed by atoms with Crippen molar-refractivity contribution in [3.05, 3.63) is 72.8 Å². The molecule has 0 saturated heterocycles. The lowest BCUT2D eigenvalue weighted by Gasteiger charge is -2.09. The molecule has 100 valence electrons. The Morgan fingerprint density at radius 1 is 0.300 bits per heavy atom. The molecule has 0 aromatic heterocycles. The monoisotopic (exact) mass is 262 g/mol. The molecule has 0 atom stereocenters. The molecule has 6 N–H and O–H groups in total. The first-order chi connectivity index (χ1) is 8.95. The van der Waals surface area contributed by atoms with Gasteiger partial charge in [-0.2, -0.15) is 0 Å². The van der Waals surface area contributed by atoms with E-state index in [1.54, 1.807) is 0 Å². The molecule has 0 amide bonds. The van der Waals surface area contributed by atoms with Crippen LogP contribution in [0.3, 0.4) is 0 Å². The van der Waals surface area contributed by atoms with Gasteiger partial charge in [-0.3, -0.25) is 0 Å². The molecule has 2 heteroatoms. The van der Waals surface area contributed by atoms with Crippen LogP contribution in [0.5, 0.6) is 0 Å². The van der Waals surface area contributed by atoms with Crippen molar-refractivity contribution >= 4 is 32.3 Å². The van der Waals surface area contributed by atoms with E-state index in [0.717, 1.165) is 0 Å². The lowest BCUT2D eigenvalue weighted by atomic mass is 9.95. The molecule has 0 saturated carbocycles. The lowest BCUT2D eigenvalue weighted by Crippen LogP contribution is -1.81. The quantitative estimate of drug-likeness (QED) is 0.412. The zero-order valence-electron chi connectivity index (χ0n) is 11.3. The molecule has 0 spiro atoms. The summed E-state index contributed by atoms with van der Waals surface area (Å²) in [5, 5.41) is 8.04. The predicted molar refractivity (Wildman–Crippen MR) is 89.0 cm³/mol. The average molecular weight is 262 g/mol. The first-order valence-electron chi connectivity index (χ1n) is 6.23. The molecule has 4 aromatic rings. The molecule has 20 heavy (non-hydrogen) atoms. The van der Waals surface area contributed by atoms with Gasteiger partial charge in [0.1, 0.15) is 0 Å². The van der Waals surface area contributed by atoms with Gasteiger partial charge in [-0.15, -0.1) is 0 Å². The molecule has 0 aliphatic heterocycles. The molecular formula is C18H18N2. The van der Waals surface area contributed by atoms with Crippen LogP contribution >= 0.6 is 0 Å². The zero-order chi connectivity index (χ0) is 11.9. The Bertz CT molecular complexity index is 661. The van der Waals surface area contributed by atoms with Gasteiger partial charge in [-0.05, 0) is 32.3 Å². The second-order valence-electron chi connectivity index (χ2n) is 4.64. The largest absolute Gasteiger partial charge is 0.344 e. The van der Waals surface area contributed by atoms with Crippen molar-refractivity contribution in [2.45, 2.75) is 0 Å². The summed E-state index contributed by atoms with van der Waals surface area (Å²) < 4.78 is 0. The summed E-state index contributed by atoms with van der Waals surface area (Å²) in [5.41, 5.74) is 0. The summed E-state index contributed by atoms with van der Waals surface area (Å²) in [7, 11) is 0. The zero-order valence-corrected chi connectivity index (χ0v) is 11.3. The molecular weight excluding hydrogens is 244 g/mol. The van der Waals surface area contributed by atoms with Gasteiger partial charge in [0.2, 0.25) is 0 Å². The number of hydrogen-bond acceptors (Lipinski definition) is 2. The van der Waals surface area contributed by atoms with E-state index in [4.69, 9.17) is 0 Å². The van der Waals surface area contributed by atoms with Crippen molar-refractivity contribution < 1.29 is 0 Å². The summed E-state index contributed by atoms with van der Waals surface area (Å²) >= 11 is 0. The molecule has 2 nitrogen and oxygen atoms in total. The Morgan fingerprint density at radius 2 is 0.450 bits per heavy atom. The molecule has 0 fully saturated rings. The van der Waals surface area contributed by atoms with E-state index in [1.807, 2.05) is 0 Å². The Labute approximate surface area is 118 Å². The van der Waals surface area contributed by atoms with Gasteiger partial charge >= 0.3 is 0 Å². The maximum absolute atomic E-state index is 2.21. The first kappa shape index (κ1) is 14.0. The van der Waals surface area contributed by atoms with E-state index in [-0.39, 0.29) is 12.3 Å². The SMILES string of the molecule is N.N.c1ccc2c(c1)c1ccccc1c1ccccc21. The summed E-state index contributed by atoms with van der Waals surface area (Å²) in [6, 6.07) is 26.0. The van der Waals surface area contributed by atoms with Crippen molar-refractivity contribution in [1.82, 2.24) is 12.3 Å². The van der Waals surface area contributed by atoms with Crippen molar-refractivity contribution in [3.8, 4) is 0 Å². The minimum absolute atomic E-state index is 0. The van der Waals surface area contributed by atoms with Crippen molar-refractivity contribution in [3.63, 3.8) is 0 Å². The standard InChI is InChI=1S/C18H12.2H3N/c1-2-8-14-13(7-1)15-9-3-4-11-17(15)18-12-6-5-10-16(14)18;;/h1-12H;2*1H3. The molecule has 0 aliphatic carbocycles. The third kappa shape index (κ3) is 1.83. The number of fused-ring (bicyclic) bond motifs is 6. The van der Waals surface area contributed by atoms with Gasteiger partial charge in [0, 0.05) is 0 Å². The van der Waals surface area contributed by atoms with Gasteiger partial charge in [0.05, 0.1) is 0 Å². The van der Waals surface area contributed by atoms with E-state index in [2.05, 4.69) is 72.8 Å². The second-order valence-corrected chi connectivity index (χ2v) is 4.64. The van der Waals surface area contributed by atoms with Crippen LogP contribution in [-0.2, 0) is 0 Å². The topological polar surface area (TPSA) is 70.0 Å². The van der Waals surface area contributed by atoms with Crippen molar-refractivity contribution in [1.29, 1.82) is 0 Å². The van der Waals surface area contributed by atoms with Crippen LogP contribution < -0.4 is 12.3 Å². The summed E-state index contributed by atoms with van der Waals surface area (Å²) in [5.74, 6) is 0. The normalized spacial score (nSPS) is 10.2. The fraction of sp³-hybridized carbons (Fsp3) is 0. The fourth-order valence-corrected chi connectivity index (χ4v) is 2.86. The van der Waals surface area contributed by atoms with Crippen LogP contribution in [0.25, 0.3) is 32.3 Å². The highest BCUT2D eigenvalue weighted by atomic mass is 14.1. The van der Waals surface area contributed by atoms with Crippen LogP contribution in [0.15, 0.2) is 72.8 Å². The van der Waals surface area contributed by atoms with Gasteiger partial charge in [-0.1, -0.05) is 72.8 Å². The van der Waals surface area contributed by atoms with Crippen LogP contribution in [0.2, 0.25) is 0 Å². The lowest BCUT2D eigenvalue weighted by molar-refractivity contribution is 1.77. The highest BCUT2D eigenvalue weighted by Gasteiger charge is 2.06. The Balaban J connectivity index is 0.000000735. The molecule has 4 rings (SSSR count). The summed E-state index contributed by atoms with van der Waals surface area (Å²) in [6.07, 6.45) is 0. The van der Waals surface area contributed by atoms with Crippen molar-refractivity contribution in [2.75, 3.05) is 0 Å². The summed E-state index contributed by atoms with van der Waals surface area (Å²) in [6.45, 7) is 0. The van der Waals surface area contributed by atoms with Crippen molar-refractivity contribution in [2.24, 2.45) is 0 Å². The summed E-state index contributed by atoms with van der Waals surface area (Å²) in [4.78, 5) is 0. The fourth-order valence-electron chi connectivity index (χ4n) is 2.86. The number of benzene rings is 4. The molecule has 0 bridgehead atoms. The number of rotatable bonds is 0. The minimum atomic E-state index is 0. The van der Waals surface area contributed by atoms with Gasteiger partial charge in [0.15, 0.2) is 0 Å². The highest BCUT2D eigenvalue weighted by Crippen LogP contribution is 2.34. The minimum Gasteiger partial charge on any atom is -0.344 e. The predicted octanol–water partition coefficient (Wildman–Crippen LogP) is 5.47. The maximum Gasteiger partial charge on any atom is -0.00990 e. The van der Waals surface area contributed by atoms with E-state index in [1.165, 1.54) is 32.3 Å². The van der Waals surface area contributed by atoms with Crippen LogP contribution in [0, 0.1) is 0 Å². The highest BCUT2D eigenvalue weighted by molar-refractivity contribution is 6.25. The molecule has 4 aromatic carbocycles. The third-order valence-corrected chi connectivity index (χ3v) is 3.65. The molecule has 0 heterocycles. The van der Waals surface area contributed by atoms with Crippen LogP contribution in [0.1, 0.15) is 0 Å². The van der Waals surface area contributed by atoms with Crippen LogP contribution in [0.4, 0.5) is 0 Å². The number of hydrogen-bond donors (Lipinski definition) is 2. The van der Waals surface area contributed by atoms with Gasteiger partial charge in [0.25, 0.3) is 0 Å². The third-order valence-electron chi connectivity index (χ3n) is 3.65. The smallest absolute Gasteiger partial charge is 0.00990 e. The van der Waals surface area contributed by atoms with E-state index < -0.39 is 0 Å². The molecule has 0 unspecified atom stereocenters. The first-order valence-corrected chi connectivity index (χ1v) is 6.23. The van der Waals surface area contributed by atoms with Crippen LogP contribution in [-0.4, -0.2) is 0 Å².